The molecule has 102 valence electrons. The van der Waals surface area contributed by atoms with Crippen LogP contribution in [-0.4, -0.2) is 25.2 Å². The van der Waals surface area contributed by atoms with E-state index in [9.17, 15) is 4.79 Å². The molecule has 0 aliphatic carbocycles. The number of alkyl halides is 1. The first-order valence-corrected chi connectivity index (χ1v) is 7.84. The lowest BCUT2D eigenvalue weighted by atomic mass is 9.97. The molecular formula is C15H18BrNO2. The summed E-state index contributed by atoms with van der Waals surface area (Å²) in [6.45, 7) is 1.62. The van der Waals surface area contributed by atoms with Crippen LogP contribution in [0.5, 0.6) is 0 Å². The van der Waals surface area contributed by atoms with Crippen molar-refractivity contribution < 1.29 is 9.53 Å². The molecule has 1 aromatic carbocycles. The van der Waals surface area contributed by atoms with E-state index < -0.39 is 0 Å². The Hall–Kier alpha value is -0.870. The predicted molar refractivity (Wildman–Crippen MR) is 77.7 cm³/mol. The quantitative estimate of drug-likeness (QED) is 0.850. The molecule has 0 saturated carbocycles. The second-order valence-electron chi connectivity index (χ2n) is 5.23. The molecule has 0 radical (unpaired) electrons. The molecule has 0 spiro atoms. The first-order valence-electron chi connectivity index (χ1n) is 6.92. The van der Waals surface area contributed by atoms with E-state index in [-0.39, 0.29) is 16.8 Å². The number of carbonyl (C=O) groups excluding carboxylic acids is 1. The van der Waals surface area contributed by atoms with Crippen molar-refractivity contribution in [3.05, 3.63) is 34.9 Å². The Kier molecular flexibility index (Phi) is 3.89. The van der Waals surface area contributed by atoms with Gasteiger partial charge in [-0.1, -0.05) is 28.1 Å². The van der Waals surface area contributed by atoms with E-state index in [0.717, 1.165) is 55.5 Å². The lowest BCUT2D eigenvalue weighted by Crippen LogP contribution is -2.23. The molecule has 3 rings (SSSR count). The lowest BCUT2D eigenvalue weighted by Gasteiger charge is -2.18. The number of aryl methyl sites for hydroxylation is 1. The zero-order valence-electron chi connectivity index (χ0n) is 10.8. The zero-order chi connectivity index (χ0) is 13.2. The molecule has 2 aliphatic rings. The molecule has 1 N–H and O–H groups in total. The van der Waals surface area contributed by atoms with Crippen molar-refractivity contribution in [1.29, 1.82) is 0 Å². The molecule has 2 heterocycles. The van der Waals surface area contributed by atoms with Gasteiger partial charge in [-0.25, -0.2) is 0 Å². The number of benzene rings is 1. The van der Waals surface area contributed by atoms with Crippen molar-refractivity contribution in [3.63, 3.8) is 0 Å². The number of hydrogen-bond donors (Lipinski definition) is 1. The van der Waals surface area contributed by atoms with Crippen molar-refractivity contribution in [1.82, 2.24) is 5.32 Å². The van der Waals surface area contributed by atoms with Crippen molar-refractivity contribution in [2.24, 2.45) is 0 Å². The van der Waals surface area contributed by atoms with Gasteiger partial charge in [-0.05, 0) is 42.9 Å². The molecule has 2 atom stereocenters. The Bertz CT molecular complexity index is 483. The Morgan fingerprint density at radius 2 is 2.26 bits per heavy atom. The van der Waals surface area contributed by atoms with Crippen LogP contribution in [0, 0.1) is 0 Å². The number of hydrogen-bond acceptors (Lipinski definition) is 2. The van der Waals surface area contributed by atoms with Crippen LogP contribution in [0.15, 0.2) is 18.2 Å². The van der Waals surface area contributed by atoms with E-state index in [0.29, 0.717) is 0 Å². The van der Waals surface area contributed by atoms with Gasteiger partial charge >= 0.3 is 0 Å². The van der Waals surface area contributed by atoms with Crippen LogP contribution in [0.4, 0.5) is 0 Å². The SMILES string of the molecule is O=C1NCCCc2ccc(C(Br)C3CCCO3)cc21. The summed E-state index contributed by atoms with van der Waals surface area (Å²) in [4.78, 5) is 12.2. The molecule has 2 unspecified atom stereocenters. The maximum absolute atomic E-state index is 12.0. The summed E-state index contributed by atoms with van der Waals surface area (Å²) in [5, 5.41) is 2.95. The number of ether oxygens (including phenoxy) is 1. The molecule has 0 bridgehead atoms. The third-order valence-electron chi connectivity index (χ3n) is 3.90. The van der Waals surface area contributed by atoms with E-state index in [4.69, 9.17) is 4.74 Å². The number of fused-ring (bicyclic) bond motifs is 1. The third kappa shape index (κ3) is 2.70. The average Bonchev–Trinajstić information content (AvgIpc) is 2.90. The van der Waals surface area contributed by atoms with Gasteiger partial charge in [0.05, 0.1) is 10.9 Å². The Morgan fingerprint density at radius 1 is 1.37 bits per heavy atom. The topological polar surface area (TPSA) is 38.3 Å². The predicted octanol–water partition coefficient (Wildman–Crippen LogP) is 2.98. The van der Waals surface area contributed by atoms with E-state index in [1.807, 2.05) is 6.07 Å². The van der Waals surface area contributed by atoms with E-state index in [1.165, 1.54) is 0 Å². The van der Waals surface area contributed by atoms with Gasteiger partial charge in [0, 0.05) is 18.7 Å². The van der Waals surface area contributed by atoms with Gasteiger partial charge in [-0.15, -0.1) is 0 Å². The number of nitrogens with one attached hydrogen (secondary N) is 1. The summed E-state index contributed by atoms with van der Waals surface area (Å²) in [6.07, 6.45) is 4.42. The Morgan fingerprint density at radius 3 is 3.05 bits per heavy atom. The Balaban J connectivity index is 1.89. The number of carbonyl (C=O) groups is 1. The molecule has 1 saturated heterocycles. The highest BCUT2D eigenvalue weighted by Gasteiger charge is 2.26. The fraction of sp³-hybridized carbons (Fsp3) is 0.533. The second kappa shape index (κ2) is 5.63. The molecule has 1 aromatic rings. The summed E-state index contributed by atoms with van der Waals surface area (Å²) < 4.78 is 5.72. The van der Waals surface area contributed by atoms with Crippen molar-refractivity contribution in [2.75, 3.05) is 13.2 Å². The molecule has 0 aromatic heterocycles. The van der Waals surface area contributed by atoms with Gasteiger partial charge < -0.3 is 10.1 Å². The minimum Gasteiger partial charge on any atom is -0.377 e. The Labute approximate surface area is 121 Å². The molecule has 4 heteroatoms. The van der Waals surface area contributed by atoms with E-state index in [1.54, 1.807) is 0 Å². The van der Waals surface area contributed by atoms with Crippen molar-refractivity contribution in [2.45, 2.75) is 36.6 Å². The van der Waals surface area contributed by atoms with Crippen LogP contribution >= 0.6 is 15.9 Å². The van der Waals surface area contributed by atoms with Gasteiger partial charge in [-0.3, -0.25) is 4.79 Å². The summed E-state index contributed by atoms with van der Waals surface area (Å²) in [5.41, 5.74) is 3.13. The van der Waals surface area contributed by atoms with Crippen LogP contribution in [0.2, 0.25) is 0 Å². The highest BCUT2D eigenvalue weighted by Crippen LogP contribution is 2.35. The maximum atomic E-state index is 12.0. The van der Waals surface area contributed by atoms with Gasteiger partial charge in [0.1, 0.15) is 0 Å². The van der Waals surface area contributed by atoms with Gasteiger partial charge in [0.25, 0.3) is 5.91 Å². The molecule has 1 fully saturated rings. The van der Waals surface area contributed by atoms with Crippen LogP contribution in [-0.2, 0) is 11.2 Å². The zero-order valence-corrected chi connectivity index (χ0v) is 12.4. The second-order valence-corrected chi connectivity index (χ2v) is 6.22. The first-order chi connectivity index (χ1) is 9.25. The van der Waals surface area contributed by atoms with E-state index >= 15 is 0 Å². The van der Waals surface area contributed by atoms with Crippen molar-refractivity contribution >= 4 is 21.8 Å². The van der Waals surface area contributed by atoms with E-state index in [2.05, 4.69) is 33.4 Å². The highest BCUT2D eigenvalue weighted by atomic mass is 79.9. The maximum Gasteiger partial charge on any atom is 0.251 e. The largest absolute Gasteiger partial charge is 0.377 e. The fourth-order valence-electron chi connectivity index (χ4n) is 2.82. The minimum atomic E-state index is 0.0568. The molecule has 2 aliphatic heterocycles. The number of rotatable bonds is 2. The lowest BCUT2D eigenvalue weighted by molar-refractivity contribution is 0.0955. The summed E-state index contributed by atoms with van der Waals surface area (Å²) in [5.74, 6) is 0.0568. The highest BCUT2D eigenvalue weighted by molar-refractivity contribution is 9.09. The van der Waals surface area contributed by atoms with Crippen LogP contribution in [0.1, 0.15) is 45.6 Å². The molecule has 3 nitrogen and oxygen atoms in total. The third-order valence-corrected chi connectivity index (χ3v) is 5.02. The number of halogens is 1. The first kappa shape index (κ1) is 13.1. The molecule has 19 heavy (non-hydrogen) atoms. The van der Waals surface area contributed by atoms with Gasteiger partial charge in [0.2, 0.25) is 0 Å². The average molecular weight is 324 g/mol. The monoisotopic (exact) mass is 323 g/mol. The summed E-state index contributed by atoms with van der Waals surface area (Å²) >= 11 is 3.72. The number of amides is 1. The normalized spacial score (nSPS) is 24.5. The molecule has 1 amide bonds. The summed E-state index contributed by atoms with van der Waals surface area (Å²) in [7, 11) is 0. The molecular weight excluding hydrogens is 306 g/mol. The van der Waals surface area contributed by atoms with Gasteiger partial charge in [-0.2, -0.15) is 0 Å². The van der Waals surface area contributed by atoms with Crippen LogP contribution in [0.3, 0.4) is 0 Å². The van der Waals surface area contributed by atoms with Crippen LogP contribution in [0.25, 0.3) is 0 Å². The summed E-state index contributed by atoms with van der Waals surface area (Å²) in [6, 6.07) is 6.24. The van der Waals surface area contributed by atoms with Crippen LogP contribution < -0.4 is 5.32 Å². The smallest absolute Gasteiger partial charge is 0.251 e. The fourth-order valence-corrected chi connectivity index (χ4v) is 3.52. The standard InChI is InChI=1S/C15H18BrNO2/c16-14(13-4-2-8-19-13)11-6-5-10-3-1-7-17-15(18)12(10)9-11/h5-6,9,13-14H,1-4,7-8H2,(H,17,18). The minimum absolute atomic E-state index is 0.0568. The van der Waals surface area contributed by atoms with Crippen molar-refractivity contribution in [3.8, 4) is 0 Å². The van der Waals surface area contributed by atoms with Gasteiger partial charge in [0.15, 0.2) is 0 Å².